The maximum Gasteiger partial charge on any atom is 0.201 e. The van der Waals surface area contributed by atoms with Crippen molar-refractivity contribution in [2.75, 3.05) is 6.61 Å². The van der Waals surface area contributed by atoms with Crippen LogP contribution in [0.25, 0.3) is 27.8 Å². The van der Waals surface area contributed by atoms with Gasteiger partial charge in [0.1, 0.15) is 5.82 Å². The predicted octanol–water partition coefficient (Wildman–Crippen LogP) is 10.9. The number of rotatable bonds is 13. The average molecular weight is 533 g/mol. The van der Waals surface area contributed by atoms with Gasteiger partial charge in [-0.25, -0.2) is 8.78 Å². The molecular formula is C35H39F3O. The van der Waals surface area contributed by atoms with Crippen LogP contribution in [-0.4, -0.2) is 6.61 Å². The van der Waals surface area contributed by atoms with Crippen molar-refractivity contribution in [3.8, 4) is 28.0 Å². The van der Waals surface area contributed by atoms with Gasteiger partial charge in [-0.3, -0.25) is 0 Å². The highest BCUT2D eigenvalue weighted by atomic mass is 19.2. The minimum absolute atomic E-state index is 0.0610. The lowest BCUT2D eigenvalue weighted by molar-refractivity contribution is 0.285. The fourth-order valence-corrected chi connectivity index (χ4v) is 5.22. The largest absolute Gasteiger partial charge is 0.490 e. The molecule has 0 radical (unpaired) electrons. The van der Waals surface area contributed by atoms with E-state index in [1.165, 1.54) is 43.4 Å². The zero-order valence-corrected chi connectivity index (χ0v) is 23.0. The SMILES string of the molecule is C=CC1CC=C(c2ccc(-c3ccc(-c4ccc(OCCCCCCCCC)c(F)c4F)cc3)c(F)c2)CC1. The van der Waals surface area contributed by atoms with E-state index >= 15 is 4.39 Å². The normalized spacial score (nSPS) is 15.2. The van der Waals surface area contributed by atoms with Crippen molar-refractivity contribution in [1.82, 2.24) is 0 Å². The molecule has 0 heterocycles. The van der Waals surface area contributed by atoms with Crippen molar-refractivity contribution >= 4 is 5.57 Å². The highest BCUT2D eigenvalue weighted by Gasteiger charge is 2.17. The Morgan fingerprint density at radius 1 is 0.795 bits per heavy atom. The van der Waals surface area contributed by atoms with Gasteiger partial charge in [-0.2, -0.15) is 4.39 Å². The molecule has 1 unspecified atom stereocenters. The van der Waals surface area contributed by atoms with Crippen LogP contribution < -0.4 is 4.74 Å². The van der Waals surface area contributed by atoms with Crippen LogP contribution in [0.3, 0.4) is 0 Å². The Hall–Kier alpha value is -3.27. The predicted molar refractivity (Wildman–Crippen MR) is 156 cm³/mol. The van der Waals surface area contributed by atoms with Gasteiger partial charge < -0.3 is 4.74 Å². The Labute approximate surface area is 231 Å². The summed E-state index contributed by atoms with van der Waals surface area (Å²) in [5, 5.41) is 0. The molecule has 0 fully saturated rings. The number of halogens is 3. The van der Waals surface area contributed by atoms with Crippen LogP contribution >= 0.6 is 0 Å². The molecule has 1 nitrogen and oxygen atoms in total. The number of hydrogen-bond acceptors (Lipinski definition) is 1. The minimum Gasteiger partial charge on any atom is -0.490 e. The van der Waals surface area contributed by atoms with E-state index in [1.54, 1.807) is 36.4 Å². The molecule has 0 saturated heterocycles. The topological polar surface area (TPSA) is 9.23 Å². The van der Waals surface area contributed by atoms with E-state index in [1.807, 2.05) is 12.1 Å². The molecule has 0 N–H and O–H groups in total. The maximum atomic E-state index is 15.1. The number of hydrogen-bond donors (Lipinski definition) is 0. The maximum absolute atomic E-state index is 15.1. The molecule has 0 aromatic heterocycles. The highest BCUT2D eigenvalue weighted by Crippen LogP contribution is 2.35. The zero-order valence-electron chi connectivity index (χ0n) is 23.0. The second-order valence-corrected chi connectivity index (χ2v) is 10.5. The summed E-state index contributed by atoms with van der Waals surface area (Å²) in [5.41, 5.74) is 3.91. The molecule has 39 heavy (non-hydrogen) atoms. The van der Waals surface area contributed by atoms with Crippen LogP contribution in [0.5, 0.6) is 5.75 Å². The summed E-state index contributed by atoms with van der Waals surface area (Å²) in [7, 11) is 0. The molecule has 0 amide bonds. The van der Waals surface area contributed by atoms with Gasteiger partial charge in [0, 0.05) is 11.1 Å². The van der Waals surface area contributed by atoms with Gasteiger partial charge in [0.2, 0.25) is 5.82 Å². The van der Waals surface area contributed by atoms with E-state index in [9.17, 15) is 8.78 Å². The third-order valence-electron chi connectivity index (χ3n) is 7.68. The van der Waals surface area contributed by atoms with E-state index in [4.69, 9.17) is 4.74 Å². The van der Waals surface area contributed by atoms with Gasteiger partial charge in [0.15, 0.2) is 11.6 Å². The molecule has 0 spiro atoms. The van der Waals surface area contributed by atoms with Crippen LogP contribution in [0.4, 0.5) is 13.2 Å². The van der Waals surface area contributed by atoms with E-state index < -0.39 is 11.6 Å². The van der Waals surface area contributed by atoms with E-state index in [0.29, 0.717) is 29.2 Å². The number of benzene rings is 3. The summed E-state index contributed by atoms with van der Waals surface area (Å²) in [6.07, 6.45) is 15.0. The van der Waals surface area contributed by atoms with Crippen LogP contribution in [0.1, 0.15) is 76.7 Å². The Bertz CT molecular complexity index is 1280. The van der Waals surface area contributed by atoms with Gasteiger partial charge in [0.25, 0.3) is 0 Å². The second-order valence-electron chi connectivity index (χ2n) is 10.5. The van der Waals surface area contributed by atoms with Crippen molar-refractivity contribution < 1.29 is 17.9 Å². The van der Waals surface area contributed by atoms with Crippen molar-refractivity contribution in [2.24, 2.45) is 5.92 Å². The highest BCUT2D eigenvalue weighted by molar-refractivity contribution is 5.74. The van der Waals surface area contributed by atoms with Crippen molar-refractivity contribution in [2.45, 2.75) is 71.1 Å². The molecule has 0 aliphatic heterocycles. The first-order chi connectivity index (χ1) is 19.0. The fourth-order valence-electron chi connectivity index (χ4n) is 5.22. The Morgan fingerprint density at radius 2 is 1.44 bits per heavy atom. The Balaban J connectivity index is 1.38. The minimum atomic E-state index is -0.974. The van der Waals surface area contributed by atoms with Crippen LogP contribution in [-0.2, 0) is 0 Å². The molecule has 3 aromatic rings. The van der Waals surface area contributed by atoms with Crippen LogP contribution in [0, 0.1) is 23.4 Å². The summed E-state index contributed by atoms with van der Waals surface area (Å²) < 4.78 is 50.3. The van der Waals surface area contributed by atoms with Crippen molar-refractivity contribution in [3.63, 3.8) is 0 Å². The smallest absolute Gasteiger partial charge is 0.201 e. The Morgan fingerprint density at radius 3 is 2.08 bits per heavy atom. The van der Waals surface area contributed by atoms with E-state index in [0.717, 1.165) is 44.1 Å². The average Bonchev–Trinajstić information content (AvgIpc) is 2.97. The third-order valence-corrected chi connectivity index (χ3v) is 7.68. The van der Waals surface area contributed by atoms with Gasteiger partial charge >= 0.3 is 0 Å². The molecule has 4 rings (SSSR count). The standard InChI is InChI=1S/C35H39F3O/c1-3-5-6-7-8-9-10-23-39-33-22-21-31(34(37)35(33)38)28-17-15-27(16-18-28)30-20-19-29(24-32(30)36)26-13-11-25(4-2)12-14-26/h4,13,15-22,24-25H,2-3,5-12,14,23H2,1H3. The quantitative estimate of drug-likeness (QED) is 0.157. The molecule has 4 heteroatoms. The molecule has 206 valence electrons. The lowest BCUT2D eigenvalue weighted by atomic mass is 9.86. The molecule has 0 saturated carbocycles. The molecule has 1 atom stereocenters. The first kappa shape index (κ1) is 28.7. The van der Waals surface area contributed by atoms with E-state index in [-0.39, 0.29) is 17.1 Å². The fraction of sp³-hybridized carbons (Fsp3) is 0.371. The Kier molecular flexibility index (Phi) is 10.5. The summed E-state index contributed by atoms with van der Waals surface area (Å²) in [6.45, 7) is 6.43. The summed E-state index contributed by atoms with van der Waals surface area (Å²) in [4.78, 5) is 0. The van der Waals surface area contributed by atoms with Crippen molar-refractivity contribution in [3.05, 3.63) is 96.3 Å². The zero-order chi connectivity index (χ0) is 27.6. The number of allylic oxidation sites excluding steroid dienone is 3. The summed E-state index contributed by atoms with van der Waals surface area (Å²) in [6, 6.07) is 15.2. The lowest BCUT2D eigenvalue weighted by Crippen LogP contribution is -2.02. The van der Waals surface area contributed by atoms with Crippen LogP contribution in [0.15, 0.2) is 73.3 Å². The molecule has 1 aliphatic rings. The van der Waals surface area contributed by atoms with Crippen LogP contribution in [0.2, 0.25) is 0 Å². The number of ether oxygens (including phenoxy) is 1. The molecule has 0 bridgehead atoms. The third kappa shape index (κ3) is 7.44. The first-order valence-corrected chi connectivity index (χ1v) is 14.3. The molecule has 1 aliphatic carbocycles. The second kappa shape index (κ2) is 14.2. The van der Waals surface area contributed by atoms with Gasteiger partial charge in [-0.1, -0.05) is 94.0 Å². The summed E-state index contributed by atoms with van der Waals surface area (Å²) >= 11 is 0. The monoisotopic (exact) mass is 532 g/mol. The van der Waals surface area contributed by atoms with Gasteiger partial charge in [0.05, 0.1) is 6.61 Å². The van der Waals surface area contributed by atoms with Gasteiger partial charge in [-0.15, -0.1) is 6.58 Å². The van der Waals surface area contributed by atoms with Gasteiger partial charge in [-0.05, 0) is 72.1 Å². The molecule has 3 aromatic carbocycles. The molecular weight excluding hydrogens is 493 g/mol. The number of unbranched alkanes of at least 4 members (excludes halogenated alkanes) is 6. The first-order valence-electron chi connectivity index (χ1n) is 14.3. The van der Waals surface area contributed by atoms with E-state index in [2.05, 4.69) is 19.6 Å². The lowest BCUT2D eigenvalue weighted by Gasteiger charge is -2.19. The van der Waals surface area contributed by atoms with Crippen molar-refractivity contribution in [1.29, 1.82) is 0 Å². The summed E-state index contributed by atoms with van der Waals surface area (Å²) in [5.74, 6) is -1.78.